The number of thiazole rings is 2. The van der Waals surface area contributed by atoms with Crippen LogP contribution in [0.3, 0.4) is 0 Å². The second-order valence-corrected chi connectivity index (χ2v) is 21.9. The van der Waals surface area contributed by atoms with E-state index in [0.717, 1.165) is 34.2 Å². The Kier molecular flexibility index (Phi) is 27.4. The Morgan fingerprint density at radius 1 is 0.577 bits per heavy atom. The maximum Gasteiger partial charge on any atom is 0.436 e. The molecule has 5 N–H and O–H groups in total. The molecule has 0 aliphatic rings. The Morgan fingerprint density at radius 3 is 1.35 bits per heavy atom. The van der Waals surface area contributed by atoms with E-state index >= 15 is 0 Å². The van der Waals surface area contributed by atoms with Gasteiger partial charge in [0, 0.05) is 10.8 Å². The molecule has 0 atom stereocenters. The average molecular weight is 1140 g/mol. The zero-order chi connectivity index (χ0) is 58.7. The molecule has 0 spiro atoms. The Hall–Kier alpha value is -7.65. The molecule has 78 heavy (non-hydrogen) atoms. The van der Waals surface area contributed by atoms with Crippen molar-refractivity contribution < 1.29 is 66.9 Å². The van der Waals surface area contributed by atoms with Crippen molar-refractivity contribution in [2.45, 2.75) is 133 Å². The molecular weight excluding hydrogens is 1070 g/mol. The number of alkyl carbamates (subject to hydrolysis) is 3. The van der Waals surface area contributed by atoms with Gasteiger partial charge in [0.25, 0.3) is 0 Å². The van der Waals surface area contributed by atoms with E-state index in [2.05, 4.69) is 46.2 Å². The molecule has 0 saturated heterocycles. The lowest BCUT2D eigenvalue weighted by Crippen LogP contribution is -2.47. The van der Waals surface area contributed by atoms with Gasteiger partial charge in [-0.25, -0.2) is 38.7 Å². The summed E-state index contributed by atoms with van der Waals surface area (Å²) in [5.74, 6) is -1.61. The van der Waals surface area contributed by atoms with Crippen LogP contribution in [-0.4, -0.2) is 111 Å². The minimum absolute atomic E-state index is 0.0146. The number of nitrogens with two attached hydrogens (primary N) is 1. The van der Waals surface area contributed by atoms with Crippen molar-refractivity contribution >= 4 is 104 Å². The van der Waals surface area contributed by atoms with Crippen LogP contribution in [0.5, 0.6) is 0 Å². The van der Waals surface area contributed by atoms with Crippen molar-refractivity contribution in [3.8, 4) is 0 Å². The fourth-order valence-corrected chi connectivity index (χ4v) is 6.53. The van der Waals surface area contributed by atoms with Crippen molar-refractivity contribution in [3.63, 3.8) is 0 Å². The van der Waals surface area contributed by atoms with Crippen LogP contribution in [0, 0.1) is 0 Å². The molecule has 426 valence electrons. The predicted octanol–water partition coefficient (Wildman–Crippen LogP) is 10.0. The largest absolute Gasteiger partial charge is 0.461 e. The normalized spacial score (nSPS) is 11.9. The second-order valence-electron chi connectivity index (χ2n) is 19.4. The molecule has 0 unspecified atom stereocenters. The molecule has 0 saturated carbocycles. The summed E-state index contributed by atoms with van der Waals surface area (Å²) in [6, 6.07) is 18.8. The third kappa shape index (κ3) is 29.6. The fraction of sp³-hybridized carbons (Fsp3) is 0.451. The first-order chi connectivity index (χ1) is 36.4. The van der Waals surface area contributed by atoms with Crippen LogP contribution in [0.2, 0.25) is 0 Å². The van der Waals surface area contributed by atoms with E-state index in [0.29, 0.717) is 10.8 Å². The molecule has 2 aromatic heterocycles. The number of anilines is 1. The average Bonchev–Trinajstić information content (AvgIpc) is 3.96. The third-order valence-electron chi connectivity index (χ3n) is 7.73. The summed E-state index contributed by atoms with van der Waals surface area (Å²) in [6.07, 6.45) is -1.45. The van der Waals surface area contributed by atoms with E-state index in [1.54, 1.807) is 109 Å². The van der Waals surface area contributed by atoms with Gasteiger partial charge < -0.3 is 43.8 Å². The standard InChI is InChI=1S/C25H33N5O7S.C14H15N3O3S.C12H22N2O4S/c1-8-34-19(31)18(30-35-14-16-12-10-9-11-13-16)17-15-38-21(26-17)27-20(28-22(32)36-24(2,3)4)29-23(33)37-25(5,6)7;1-2-19-13(18)12(11-9-21-14(15)16-11)17-20-8-10-6-4-3-5-7-10;1-11(2,3)17-9(15)13-8(19-7)14-10(16)18-12(4,5)6/h9-13,15H,8,14H2,1-7H3,(H2,26,27,28,29,32,33);3-7,9H,2,8H2,1H3,(H2,15,16);1-7H3,(H,13,14,15,16)/b30-18-;17-12-;. The number of hydrogen-bond donors (Lipinski definition) is 4. The fourth-order valence-electron chi connectivity index (χ4n) is 4.95. The SMILES string of the molecule is CCOC(=O)/C(=N\OCc1ccccc1)c1csc(N)n1.CCOC(=O)/C(=N\OCc1ccccc1)c1csc(N=C(NC(=O)OC(C)(C)C)NC(=O)OC(C)(C)C)n1.CSC(=NC(=O)OC(C)(C)C)NC(=O)OC(C)(C)C. The number of carbonyl (C=O) groups excluding carboxylic acids is 6. The van der Waals surface area contributed by atoms with Gasteiger partial charge in [-0.3, -0.25) is 16.0 Å². The topological polar surface area (TPSA) is 314 Å². The summed E-state index contributed by atoms with van der Waals surface area (Å²) in [5, 5.41) is 18.6. The van der Waals surface area contributed by atoms with Gasteiger partial charge in [0.05, 0.1) is 13.2 Å². The quantitative estimate of drug-likeness (QED) is 0.0318. The number of nitrogen functional groups attached to an aromatic ring is 1. The molecule has 0 aliphatic carbocycles. The number of aromatic nitrogens is 2. The van der Waals surface area contributed by atoms with Crippen LogP contribution in [0.25, 0.3) is 0 Å². The highest BCUT2D eigenvalue weighted by atomic mass is 32.2. The van der Waals surface area contributed by atoms with Crippen LogP contribution in [0.15, 0.2) is 91.7 Å². The number of ether oxygens (including phenoxy) is 6. The lowest BCUT2D eigenvalue weighted by molar-refractivity contribution is -0.136. The number of guanidine groups is 1. The monoisotopic (exact) mass is 1140 g/mol. The molecule has 0 radical (unpaired) electrons. The molecule has 0 bridgehead atoms. The summed E-state index contributed by atoms with van der Waals surface area (Å²) in [7, 11) is 0. The Labute approximate surface area is 466 Å². The van der Waals surface area contributed by atoms with Gasteiger partial charge in [-0.15, -0.1) is 22.7 Å². The van der Waals surface area contributed by atoms with Crippen molar-refractivity contribution in [1.82, 2.24) is 25.9 Å². The van der Waals surface area contributed by atoms with Crippen LogP contribution >= 0.6 is 34.4 Å². The van der Waals surface area contributed by atoms with Crippen molar-refractivity contribution in [1.29, 1.82) is 0 Å². The molecule has 27 heteroatoms. The zero-order valence-corrected chi connectivity index (χ0v) is 48.9. The van der Waals surface area contributed by atoms with E-state index < -0.39 is 58.7 Å². The zero-order valence-electron chi connectivity index (χ0n) is 46.5. The Balaban J connectivity index is 0.000000439. The summed E-state index contributed by atoms with van der Waals surface area (Å²) >= 11 is 3.36. The highest BCUT2D eigenvalue weighted by molar-refractivity contribution is 8.13. The summed E-state index contributed by atoms with van der Waals surface area (Å²) < 4.78 is 30.6. The minimum atomic E-state index is -0.854. The van der Waals surface area contributed by atoms with Crippen LogP contribution in [0.4, 0.5) is 29.4 Å². The maximum absolute atomic E-state index is 12.5. The van der Waals surface area contributed by atoms with Gasteiger partial charge in [-0.1, -0.05) is 82.7 Å². The first-order valence-electron chi connectivity index (χ1n) is 23.8. The summed E-state index contributed by atoms with van der Waals surface area (Å²) in [4.78, 5) is 98.8. The number of nitrogens with zero attached hydrogens (tertiary/aromatic N) is 6. The molecule has 0 fully saturated rings. The molecule has 2 heterocycles. The number of nitrogens with one attached hydrogen (secondary N) is 3. The summed E-state index contributed by atoms with van der Waals surface area (Å²) in [6.45, 7) is 24.7. The second kappa shape index (κ2) is 32.2. The van der Waals surface area contributed by atoms with Gasteiger partial charge in [0.15, 0.2) is 10.3 Å². The third-order valence-corrected chi connectivity index (χ3v) is 9.72. The highest BCUT2D eigenvalue weighted by Gasteiger charge is 2.25. The number of benzene rings is 2. The molecule has 0 aliphatic heterocycles. The minimum Gasteiger partial charge on any atom is -0.461 e. The van der Waals surface area contributed by atoms with Crippen LogP contribution in [0.1, 0.15) is 119 Å². The van der Waals surface area contributed by atoms with Crippen molar-refractivity contribution in [3.05, 3.63) is 93.9 Å². The van der Waals surface area contributed by atoms with Gasteiger partial charge >= 0.3 is 36.3 Å². The van der Waals surface area contributed by atoms with Gasteiger partial charge in [0.1, 0.15) is 47.0 Å². The number of aliphatic imine (C=N–C) groups is 2. The first-order valence-corrected chi connectivity index (χ1v) is 26.8. The molecule has 4 rings (SSSR count). The predicted molar refractivity (Wildman–Crippen MR) is 300 cm³/mol. The Bertz CT molecular complexity index is 2670. The highest BCUT2D eigenvalue weighted by Crippen LogP contribution is 2.21. The van der Waals surface area contributed by atoms with E-state index in [9.17, 15) is 28.8 Å². The molecule has 24 nitrogen and oxygen atoms in total. The molecule has 4 aromatic rings. The molecule has 2 aromatic carbocycles. The van der Waals surface area contributed by atoms with Crippen molar-refractivity contribution in [2.75, 3.05) is 25.2 Å². The summed E-state index contributed by atoms with van der Waals surface area (Å²) in [5.41, 5.74) is 4.88. The van der Waals surface area contributed by atoms with E-state index in [-0.39, 0.29) is 59.8 Å². The number of hydrogen-bond acceptors (Lipinski definition) is 23. The van der Waals surface area contributed by atoms with E-state index in [1.165, 1.54) is 16.7 Å². The van der Waals surface area contributed by atoms with Gasteiger partial charge in [0.2, 0.25) is 22.5 Å². The lowest BCUT2D eigenvalue weighted by atomic mass is 10.2. The number of amides is 4. The van der Waals surface area contributed by atoms with Crippen LogP contribution in [-0.2, 0) is 60.9 Å². The number of amidine groups is 1. The number of carbonyl (C=O) groups is 6. The number of thioether (sulfide) groups is 1. The molecular formula is C51H70N10O14S3. The number of esters is 2. The lowest BCUT2D eigenvalue weighted by Gasteiger charge is -2.21. The van der Waals surface area contributed by atoms with Gasteiger partial charge in [-0.2, -0.15) is 9.98 Å². The van der Waals surface area contributed by atoms with E-state index in [4.69, 9.17) is 43.8 Å². The van der Waals surface area contributed by atoms with Crippen LogP contribution < -0.4 is 21.7 Å². The molecule has 4 amide bonds. The number of oxime groups is 2. The smallest absolute Gasteiger partial charge is 0.436 e. The maximum atomic E-state index is 12.5. The number of rotatable bonds is 13. The first kappa shape index (κ1) is 66.5. The Morgan fingerprint density at radius 2 is 0.974 bits per heavy atom. The van der Waals surface area contributed by atoms with E-state index in [1.807, 2.05) is 60.7 Å². The van der Waals surface area contributed by atoms with Gasteiger partial charge in [-0.05, 0) is 114 Å². The van der Waals surface area contributed by atoms with Crippen molar-refractivity contribution in [2.24, 2.45) is 20.3 Å².